The van der Waals surface area contributed by atoms with Crippen LogP contribution in [0.15, 0.2) is 36.4 Å². The predicted molar refractivity (Wildman–Crippen MR) is 96.5 cm³/mol. The molecule has 0 aliphatic heterocycles. The molecule has 3 N–H and O–H groups in total. The molecule has 2 aromatic rings. The van der Waals surface area contributed by atoms with Crippen LogP contribution in [-0.2, 0) is 10.8 Å². The summed E-state index contributed by atoms with van der Waals surface area (Å²) in [5, 5.41) is 5.78. The number of fused-ring (bicyclic) bond motifs is 1. The maximum absolute atomic E-state index is 11.4. The van der Waals surface area contributed by atoms with Gasteiger partial charge in [-0.05, 0) is 23.9 Å². The second-order valence-corrected chi connectivity index (χ2v) is 7.34. The number of anilines is 1. The van der Waals surface area contributed by atoms with Gasteiger partial charge < -0.3 is 11.1 Å². The number of thiocarbonyl (C=S) groups is 1. The molecule has 2 atom stereocenters. The van der Waals surface area contributed by atoms with Gasteiger partial charge in [0, 0.05) is 45.5 Å². The van der Waals surface area contributed by atoms with Gasteiger partial charge in [0.05, 0.1) is 0 Å². The van der Waals surface area contributed by atoms with Crippen molar-refractivity contribution in [2.75, 3.05) is 18.1 Å². The van der Waals surface area contributed by atoms with Crippen molar-refractivity contribution in [3.63, 3.8) is 0 Å². The van der Waals surface area contributed by atoms with E-state index in [-0.39, 0.29) is 5.25 Å². The lowest BCUT2D eigenvalue weighted by atomic mass is 10.0. The van der Waals surface area contributed by atoms with Crippen LogP contribution in [0.25, 0.3) is 10.8 Å². The normalized spacial score (nSPS) is 13.8. The van der Waals surface area contributed by atoms with E-state index in [1.807, 2.05) is 37.3 Å². The van der Waals surface area contributed by atoms with Crippen molar-refractivity contribution in [2.45, 2.75) is 18.6 Å². The number of hydrogen-bond donors (Lipinski definition) is 2. The lowest BCUT2D eigenvalue weighted by Gasteiger charge is -2.14. The maximum atomic E-state index is 11.4. The summed E-state index contributed by atoms with van der Waals surface area (Å²) in [5.41, 5.74) is 7.73. The van der Waals surface area contributed by atoms with Gasteiger partial charge in [0.1, 0.15) is 4.99 Å². The fourth-order valence-electron chi connectivity index (χ4n) is 2.24. The quantitative estimate of drug-likeness (QED) is 0.803. The molecule has 0 spiro atoms. The largest absolute Gasteiger partial charge is 0.389 e. The summed E-state index contributed by atoms with van der Waals surface area (Å²) in [4.78, 5) is 0.410. The Morgan fingerprint density at radius 3 is 2.57 bits per heavy atom. The third-order valence-corrected chi connectivity index (χ3v) is 5.21. The Bertz CT molecular complexity index is 685. The van der Waals surface area contributed by atoms with Crippen LogP contribution < -0.4 is 11.1 Å². The number of nitrogens with two attached hydrogens (primary N) is 1. The Hall–Kier alpha value is -1.46. The van der Waals surface area contributed by atoms with Crippen LogP contribution in [0.2, 0.25) is 0 Å². The highest BCUT2D eigenvalue weighted by Crippen LogP contribution is 2.26. The highest BCUT2D eigenvalue weighted by atomic mass is 32.2. The molecule has 2 unspecified atom stereocenters. The second-order valence-electron chi connectivity index (χ2n) is 5.10. The van der Waals surface area contributed by atoms with Gasteiger partial charge in [-0.3, -0.25) is 4.21 Å². The zero-order chi connectivity index (χ0) is 15.4. The van der Waals surface area contributed by atoms with Gasteiger partial charge in [-0.2, -0.15) is 0 Å². The van der Waals surface area contributed by atoms with E-state index in [1.54, 1.807) is 6.26 Å². The van der Waals surface area contributed by atoms with Crippen molar-refractivity contribution in [2.24, 2.45) is 5.73 Å². The molecular weight excluding hydrogens is 300 g/mol. The third-order valence-electron chi connectivity index (χ3n) is 3.62. The lowest BCUT2D eigenvalue weighted by Crippen LogP contribution is -2.15. The Morgan fingerprint density at radius 1 is 1.29 bits per heavy atom. The Kier molecular flexibility index (Phi) is 5.31. The van der Waals surface area contributed by atoms with Crippen molar-refractivity contribution in [3.05, 3.63) is 42.0 Å². The molecule has 0 aromatic heterocycles. The molecule has 0 saturated carbocycles. The first-order chi connectivity index (χ1) is 10.0. The summed E-state index contributed by atoms with van der Waals surface area (Å²) >= 11 is 5.11. The standard InChI is InChI=1S/C16H20N2OS2/c1-11(21(2)19)9-10-18-15-8-7-14(16(17)20)12-5-3-4-6-13(12)15/h3-8,11,18H,9-10H2,1-2H3,(H2,17,20). The summed E-state index contributed by atoms with van der Waals surface area (Å²) in [7, 11) is -0.779. The van der Waals surface area contributed by atoms with E-state index >= 15 is 0 Å². The first kappa shape index (κ1) is 15.9. The Morgan fingerprint density at radius 2 is 1.95 bits per heavy atom. The topological polar surface area (TPSA) is 55.1 Å². The maximum Gasteiger partial charge on any atom is 0.104 e. The van der Waals surface area contributed by atoms with Crippen LogP contribution in [0.5, 0.6) is 0 Å². The molecular formula is C16H20N2OS2. The fraction of sp³-hybridized carbons (Fsp3) is 0.312. The summed E-state index contributed by atoms with van der Waals surface area (Å²) in [6, 6.07) is 12.0. The Balaban J connectivity index is 2.23. The molecule has 0 amide bonds. The van der Waals surface area contributed by atoms with Gasteiger partial charge in [-0.15, -0.1) is 0 Å². The number of nitrogens with one attached hydrogen (secondary N) is 1. The van der Waals surface area contributed by atoms with Crippen LogP contribution in [0.3, 0.4) is 0 Å². The van der Waals surface area contributed by atoms with E-state index in [1.165, 1.54) is 0 Å². The number of benzene rings is 2. The zero-order valence-corrected chi connectivity index (χ0v) is 13.9. The SMILES string of the molecule is CC(CCNc1ccc(C(N)=S)c2ccccc12)S(C)=O. The molecule has 0 radical (unpaired) electrons. The molecule has 0 fully saturated rings. The van der Waals surface area contributed by atoms with Crippen LogP contribution in [0.4, 0.5) is 5.69 Å². The minimum absolute atomic E-state index is 0.194. The van der Waals surface area contributed by atoms with Crippen LogP contribution in [0, 0.1) is 0 Å². The van der Waals surface area contributed by atoms with E-state index in [0.717, 1.165) is 35.0 Å². The van der Waals surface area contributed by atoms with Gasteiger partial charge in [-0.1, -0.05) is 43.4 Å². The highest BCUT2D eigenvalue weighted by molar-refractivity contribution is 7.84. The molecule has 0 bridgehead atoms. The van der Waals surface area contributed by atoms with Crippen molar-refractivity contribution in [1.82, 2.24) is 0 Å². The monoisotopic (exact) mass is 320 g/mol. The van der Waals surface area contributed by atoms with Crippen LogP contribution >= 0.6 is 12.2 Å². The van der Waals surface area contributed by atoms with Gasteiger partial charge in [0.2, 0.25) is 0 Å². The van der Waals surface area contributed by atoms with E-state index in [9.17, 15) is 4.21 Å². The summed E-state index contributed by atoms with van der Waals surface area (Å²) < 4.78 is 11.4. The third kappa shape index (κ3) is 3.80. The average molecular weight is 320 g/mol. The van der Waals surface area contributed by atoms with Crippen molar-refractivity contribution in [3.8, 4) is 0 Å². The first-order valence-corrected chi connectivity index (χ1v) is 8.91. The van der Waals surface area contributed by atoms with Gasteiger partial charge in [-0.25, -0.2) is 0 Å². The Labute approximate surface area is 133 Å². The first-order valence-electron chi connectivity index (χ1n) is 6.88. The molecule has 5 heteroatoms. The van der Waals surface area contributed by atoms with Gasteiger partial charge >= 0.3 is 0 Å². The number of hydrogen-bond acceptors (Lipinski definition) is 3. The molecule has 0 saturated heterocycles. The predicted octanol–water partition coefficient (Wildman–Crippen LogP) is 3.04. The molecule has 0 aliphatic carbocycles. The zero-order valence-electron chi connectivity index (χ0n) is 12.3. The summed E-state index contributed by atoms with van der Waals surface area (Å²) in [6.45, 7) is 2.79. The van der Waals surface area contributed by atoms with E-state index in [0.29, 0.717) is 4.99 Å². The van der Waals surface area contributed by atoms with E-state index < -0.39 is 10.8 Å². The molecule has 3 nitrogen and oxygen atoms in total. The molecule has 0 aliphatic rings. The molecule has 0 heterocycles. The van der Waals surface area contributed by atoms with Gasteiger partial charge in [0.25, 0.3) is 0 Å². The summed E-state index contributed by atoms with van der Waals surface area (Å²) in [6.07, 6.45) is 2.62. The summed E-state index contributed by atoms with van der Waals surface area (Å²) in [5.74, 6) is 0. The molecule has 2 aromatic carbocycles. The van der Waals surface area contributed by atoms with Crippen molar-refractivity contribution >= 4 is 44.5 Å². The number of rotatable bonds is 6. The molecule has 112 valence electrons. The van der Waals surface area contributed by atoms with E-state index in [2.05, 4.69) is 11.4 Å². The fourth-order valence-corrected chi connectivity index (χ4v) is 2.87. The highest BCUT2D eigenvalue weighted by Gasteiger charge is 2.09. The lowest BCUT2D eigenvalue weighted by molar-refractivity contribution is 0.672. The average Bonchev–Trinajstić information content (AvgIpc) is 2.46. The molecule has 2 rings (SSSR count). The minimum atomic E-state index is -0.779. The van der Waals surface area contributed by atoms with Crippen molar-refractivity contribution in [1.29, 1.82) is 0 Å². The van der Waals surface area contributed by atoms with E-state index in [4.69, 9.17) is 18.0 Å². The smallest absolute Gasteiger partial charge is 0.104 e. The molecule has 21 heavy (non-hydrogen) atoms. The second kappa shape index (κ2) is 7.00. The van der Waals surface area contributed by atoms with Crippen molar-refractivity contribution < 1.29 is 4.21 Å². The minimum Gasteiger partial charge on any atom is -0.389 e. The van der Waals surface area contributed by atoms with Gasteiger partial charge in [0.15, 0.2) is 0 Å². The van der Waals surface area contributed by atoms with Crippen LogP contribution in [-0.4, -0.2) is 27.2 Å². The van der Waals surface area contributed by atoms with Crippen LogP contribution in [0.1, 0.15) is 18.9 Å².